The molecule has 74 valence electrons. The zero-order chi connectivity index (χ0) is 10.8. The number of nitrogens with zero attached hydrogens (tertiary/aromatic N) is 2. The third kappa shape index (κ3) is 1.53. The van der Waals surface area contributed by atoms with Gasteiger partial charge in [-0.2, -0.15) is 5.26 Å². The molecule has 0 aromatic carbocycles. The van der Waals surface area contributed by atoms with Crippen LogP contribution in [0.3, 0.4) is 0 Å². The van der Waals surface area contributed by atoms with Gasteiger partial charge in [0.25, 0.3) is 11.8 Å². The van der Waals surface area contributed by atoms with E-state index in [2.05, 4.69) is 0 Å². The number of rotatable bonds is 3. The van der Waals surface area contributed by atoms with Crippen LogP contribution in [0.15, 0.2) is 12.2 Å². The van der Waals surface area contributed by atoms with Crippen LogP contribution in [0.1, 0.15) is 26.7 Å². The first-order valence-electron chi connectivity index (χ1n) is 4.52. The molecule has 0 aromatic rings. The molecule has 4 nitrogen and oxygen atoms in total. The number of hydrogen-bond acceptors (Lipinski definition) is 3. The minimum absolute atomic E-state index is 0.396. The highest BCUT2D eigenvalue weighted by Crippen LogP contribution is 2.24. The molecule has 1 heterocycles. The molecule has 0 radical (unpaired) electrons. The van der Waals surface area contributed by atoms with Crippen molar-refractivity contribution in [3.63, 3.8) is 0 Å². The Morgan fingerprint density at radius 1 is 1.43 bits per heavy atom. The molecule has 0 saturated carbocycles. The number of hydrogen-bond donors (Lipinski definition) is 0. The molecule has 2 amide bonds. The van der Waals surface area contributed by atoms with Gasteiger partial charge >= 0.3 is 0 Å². The summed E-state index contributed by atoms with van der Waals surface area (Å²) in [5.74, 6) is -0.792. The Morgan fingerprint density at radius 3 is 2.29 bits per heavy atom. The Kier molecular flexibility index (Phi) is 2.70. The van der Waals surface area contributed by atoms with Gasteiger partial charge in [-0.05, 0) is 13.3 Å². The molecule has 4 heteroatoms. The smallest absolute Gasteiger partial charge is 0.254 e. The number of nitriles is 1. The molecule has 0 fully saturated rings. The normalized spacial score (nSPS) is 19.6. The lowest BCUT2D eigenvalue weighted by molar-refractivity contribution is -0.141. The number of amides is 2. The van der Waals surface area contributed by atoms with Gasteiger partial charge in [0.15, 0.2) is 0 Å². The molecule has 0 aliphatic carbocycles. The van der Waals surface area contributed by atoms with E-state index in [1.165, 1.54) is 12.2 Å². The molecule has 1 rings (SSSR count). The molecule has 0 N–H and O–H groups in total. The first-order chi connectivity index (χ1) is 6.55. The zero-order valence-electron chi connectivity index (χ0n) is 8.28. The third-order valence-corrected chi connectivity index (χ3v) is 2.28. The van der Waals surface area contributed by atoms with Crippen LogP contribution >= 0.6 is 0 Å². The van der Waals surface area contributed by atoms with Crippen molar-refractivity contribution >= 4 is 11.8 Å². The maximum absolute atomic E-state index is 11.3. The molecule has 0 saturated heterocycles. The summed E-state index contributed by atoms with van der Waals surface area (Å²) >= 11 is 0. The van der Waals surface area contributed by atoms with Crippen LogP contribution in [-0.2, 0) is 9.59 Å². The molecule has 0 spiro atoms. The summed E-state index contributed by atoms with van der Waals surface area (Å²) in [7, 11) is 0. The lowest BCUT2D eigenvalue weighted by atomic mass is 9.96. The molecule has 14 heavy (non-hydrogen) atoms. The van der Waals surface area contributed by atoms with Gasteiger partial charge in [0.2, 0.25) is 0 Å². The zero-order valence-corrected chi connectivity index (χ0v) is 8.28. The maximum atomic E-state index is 11.3. The van der Waals surface area contributed by atoms with E-state index >= 15 is 0 Å². The molecule has 1 atom stereocenters. The molecular weight excluding hydrogens is 180 g/mol. The van der Waals surface area contributed by atoms with Crippen LogP contribution in [0.2, 0.25) is 0 Å². The second kappa shape index (κ2) is 3.62. The first-order valence-corrected chi connectivity index (χ1v) is 4.52. The van der Waals surface area contributed by atoms with Gasteiger partial charge in [-0.15, -0.1) is 0 Å². The van der Waals surface area contributed by atoms with Crippen molar-refractivity contribution in [3.8, 4) is 6.07 Å². The summed E-state index contributed by atoms with van der Waals surface area (Å²) in [4.78, 5) is 23.7. The lowest BCUT2D eigenvalue weighted by Crippen LogP contribution is -2.48. The topological polar surface area (TPSA) is 61.2 Å². The fraction of sp³-hybridized carbons (Fsp3) is 0.500. The molecular formula is C10H12N2O2. The monoisotopic (exact) mass is 192 g/mol. The van der Waals surface area contributed by atoms with Crippen LogP contribution in [0.5, 0.6) is 0 Å². The average molecular weight is 192 g/mol. The minimum Gasteiger partial charge on any atom is -0.269 e. The van der Waals surface area contributed by atoms with Crippen LogP contribution in [0.4, 0.5) is 0 Å². The highest BCUT2D eigenvalue weighted by Gasteiger charge is 2.40. The van der Waals surface area contributed by atoms with Crippen molar-refractivity contribution in [1.82, 2.24) is 4.90 Å². The Bertz CT molecular complexity index is 323. The van der Waals surface area contributed by atoms with Crippen molar-refractivity contribution in [2.24, 2.45) is 0 Å². The summed E-state index contributed by atoms with van der Waals surface area (Å²) in [6, 6.07) is 2.03. The van der Waals surface area contributed by atoms with E-state index in [4.69, 9.17) is 5.26 Å². The van der Waals surface area contributed by atoms with Crippen LogP contribution in [0.25, 0.3) is 0 Å². The quantitative estimate of drug-likeness (QED) is 0.626. The van der Waals surface area contributed by atoms with Gasteiger partial charge in [0.05, 0.1) is 6.07 Å². The van der Waals surface area contributed by atoms with Crippen LogP contribution in [-0.4, -0.2) is 22.3 Å². The van der Waals surface area contributed by atoms with Gasteiger partial charge in [-0.25, -0.2) is 0 Å². The highest BCUT2D eigenvalue weighted by molar-refractivity contribution is 6.13. The van der Waals surface area contributed by atoms with E-state index in [0.29, 0.717) is 6.42 Å². The number of carbonyl (C=O) groups is 2. The Morgan fingerprint density at radius 2 is 1.93 bits per heavy atom. The molecule has 0 aromatic heterocycles. The SMILES string of the molecule is CCCC(C)(C#N)N1C(=O)C=CC1=O. The fourth-order valence-electron chi connectivity index (χ4n) is 1.59. The van der Waals surface area contributed by atoms with Gasteiger partial charge < -0.3 is 0 Å². The largest absolute Gasteiger partial charge is 0.269 e. The van der Waals surface area contributed by atoms with E-state index in [1.54, 1.807) is 6.92 Å². The first kappa shape index (κ1) is 10.5. The van der Waals surface area contributed by atoms with Crippen molar-refractivity contribution in [3.05, 3.63) is 12.2 Å². The summed E-state index contributed by atoms with van der Waals surface area (Å²) in [5.41, 5.74) is -1.01. The van der Waals surface area contributed by atoms with E-state index in [1.807, 2.05) is 13.0 Å². The predicted octanol–water partition coefficient (Wildman–Crippen LogP) is 0.994. The minimum atomic E-state index is -1.01. The Hall–Kier alpha value is -1.63. The second-order valence-electron chi connectivity index (χ2n) is 3.48. The summed E-state index contributed by atoms with van der Waals surface area (Å²) in [6.07, 6.45) is 3.66. The summed E-state index contributed by atoms with van der Waals surface area (Å²) in [6.45, 7) is 3.52. The average Bonchev–Trinajstić information content (AvgIpc) is 2.47. The van der Waals surface area contributed by atoms with Crippen LogP contribution < -0.4 is 0 Å². The highest BCUT2D eigenvalue weighted by atomic mass is 16.2. The van der Waals surface area contributed by atoms with Crippen molar-refractivity contribution in [2.45, 2.75) is 32.2 Å². The van der Waals surface area contributed by atoms with Crippen molar-refractivity contribution in [2.75, 3.05) is 0 Å². The third-order valence-electron chi connectivity index (χ3n) is 2.28. The van der Waals surface area contributed by atoms with Gasteiger partial charge in [-0.1, -0.05) is 13.3 Å². The summed E-state index contributed by atoms with van der Waals surface area (Å²) < 4.78 is 0. The summed E-state index contributed by atoms with van der Waals surface area (Å²) in [5, 5.41) is 8.99. The van der Waals surface area contributed by atoms with E-state index < -0.39 is 17.4 Å². The van der Waals surface area contributed by atoms with E-state index in [0.717, 1.165) is 11.3 Å². The molecule has 0 bridgehead atoms. The number of carbonyl (C=O) groups excluding carboxylic acids is 2. The predicted molar refractivity (Wildman–Crippen MR) is 49.9 cm³/mol. The second-order valence-corrected chi connectivity index (χ2v) is 3.48. The van der Waals surface area contributed by atoms with Gasteiger partial charge in [0.1, 0.15) is 5.54 Å². The Balaban J connectivity index is 2.97. The van der Waals surface area contributed by atoms with Crippen molar-refractivity contribution < 1.29 is 9.59 Å². The lowest BCUT2D eigenvalue weighted by Gasteiger charge is -2.30. The van der Waals surface area contributed by atoms with Crippen LogP contribution in [0, 0.1) is 11.3 Å². The standard InChI is InChI=1S/C10H12N2O2/c1-3-6-10(2,7-11)12-8(13)4-5-9(12)14/h4-5H,3,6H2,1-2H3. The Labute approximate surface area is 82.8 Å². The molecule has 1 unspecified atom stereocenters. The number of imide groups is 1. The van der Waals surface area contributed by atoms with Gasteiger partial charge in [0, 0.05) is 12.2 Å². The fourth-order valence-corrected chi connectivity index (χ4v) is 1.59. The van der Waals surface area contributed by atoms with Crippen molar-refractivity contribution in [1.29, 1.82) is 5.26 Å². The van der Waals surface area contributed by atoms with E-state index in [9.17, 15) is 9.59 Å². The molecule has 1 aliphatic heterocycles. The van der Waals surface area contributed by atoms with Gasteiger partial charge in [-0.3, -0.25) is 14.5 Å². The molecule has 1 aliphatic rings. The van der Waals surface area contributed by atoms with E-state index in [-0.39, 0.29) is 0 Å². The maximum Gasteiger partial charge on any atom is 0.254 e.